The van der Waals surface area contributed by atoms with Crippen molar-refractivity contribution in [1.82, 2.24) is 0 Å². The number of hydrogen-bond donors (Lipinski definition) is 0. The highest BCUT2D eigenvalue weighted by molar-refractivity contribution is 6.62. The maximum atomic E-state index is 6.11. The molecule has 0 aliphatic carbocycles. The van der Waals surface area contributed by atoms with Gasteiger partial charge in [-0.05, 0) is 74.8 Å². The third kappa shape index (κ3) is 4.22. The SMILES string of the molecule is Cc1cc(OCc2ccc(B3OC(C)(C)C(C)(C)O3)cc2)ccc1C(C)C. The molecule has 0 N–H and O–H groups in total. The van der Waals surface area contributed by atoms with E-state index in [1.165, 1.54) is 11.1 Å². The molecule has 0 atom stereocenters. The van der Waals surface area contributed by atoms with E-state index in [2.05, 4.69) is 90.9 Å². The molecule has 1 aliphatic heterocycles. The van der Waals surface area contributed by atoms with Crippen molar-refractivity contribution in [3.63, 3.8) is 0 Å². The van der Waals surface area contributed by atoms with Gasteiger partial charge in [0.25, 0.3) is 0 Å². The van der Waals surface area contributed by atoms with Crippen LogP contribution in [0, 0.1) is 6.92 Å². The van der Waals surface area contributed by atoms with Gasteiger partial charge in [0.15, 0.2) is 0 Å². The molecule has 27 heavy (non-hydrogen) atoms. The van der Waals surface area contributed by atoms with Crippen molar-refractivity contribution >= 4 is 12.6 Å². The average molecular weight is 366 g/mol. The quantitative estimate of drug-likeness (QED) is 0.698. The molecule has 3 rings (SSSR count). The first-order valence-electron chi connectivity index (χ1n) is 9.77. The predicted octanol–water partition coefficient (Wildman–Crippen LogP) is 5.00. The van der Waals surface area contributed by atoms with Crippen molar-refractivity contribution in [3.8, 4) is 5.75 Å². The molecule has 144 valence electrons. The number of aryl methyl sites for hydroxylation is 1. The van der Waals surface area contributed by atoms with E-state index in [9.17, 15) is 0 Å². The first kappa shape index (κ1) is 20.0. The molecular weight excluding hydrogens is 335 g/mol. The third-order valence-electron chi connectivity index (χ3n) is 5.77. The Kier molecular flexibility index (Phi) is 5.42. The molecule has 1 aliphatic rings. The van der Waals surface area contributed by atoms with Gasteiger partial charge in [-0.25, -0.2) is 0 Å². The van der Waals surface area contributed by atoms with E-state index < -0.39 is 0 Å². The van der Waals surface area contributed by atoms with Crippen LogP contribution in [-0.4, -0.2) is 18.3 Å². The lowest BCUT2D eigenvalue weighted by Crippen LogP contribution is -2.41. The summed E-state index contributed by atoms with van der Waals surface area (Å²) in [5.41, 5.74) is 4.17. The zero-order chi connectivity index (χ0) is 19.8. The minimum absolute atomic E-state index is 0.320. The summed E-state index contributed by atoms with van der Waals surface area (Å²) in [7, 11) is -0.323. The number of rotatable bonds is 5. The molecule has 2 aromatic rings. The van der Waals surface area contributed by atoms with Crippen LogP contribution >= 0.6 is 0 Å². The summed E-state index contributed by atoms with van der Waals surface area (Å²) < 4.78 is 18.2. The molecule has 0 radical (unpaired) electrons. The van der Waals surface area contributed by atoms with Crippen molar-refractivity contribution in [2.75, 3.05) is 0 Å². The smallest absolute Gasteiger partial charge is 0.489 e. The molecule has 0 spiro atoms. The minimum atomic E-state index is -0.323. The summed E-state index contributed by atoms with van der Waals surface area (Å²) >= 11 is 0. The van der Waals surface area contributed by atoms with Gasteiger partial charge in [-0.15, -0.1) is 0 Å². The molecule has 1 heterocycles. The third-order valence-corrected chi connectivity index (χ3v) is 5.77. The first-order valence-corrected chi connectivity index (χ1v) is 9.77. The Bertz CT molecular complexity index is 778. The summed E-state index contributed by atoms with van der Waals surface area (Å²) in [4.78, 5) is 0. The maximum absolute atomic E-state index is 6.11. The topological polar surface area (TPSA) is 27.7 Å². The summed E-state index contributed by atoms with van der Waals surface area (Å²) in [5, 5.41) is 0. The second kappa shape index (κ2) is 7.33. The molecule has 0 saturated carbocycles. The van der Waals surface area contributed by atoms with Gasteiger partial charge in [-0.3, -0.25) is 0 Å². The van der Waals surface area contributed by atoms with Gasteiger partial charge in [0.1, 0.15) is 12.4 Å². The van der Waals surface area contributed by atoms with Crippen LogP contribution in [-0.2, 0) is 15.9 Å². The average Bonchev–Trinajstić information content (AvgIpc) is 2.81. The molecule has 2 aromatic carbocycles. The molecular formula is C23H31BO3. The van der Waals surface area contributed by atoms with E-state index in [0.717, 1.165) is 16.8 Å². The lowest BCUT2D eigenvalue weighted by Gasteiger charge is -2.32. The van der Waals surface area contributed by atoms with Crippen molar-refractivity contribution in [2.45, 2.75) is 72.2 Å². The summed E-state index contributed by atoms with van der Waals surface area (Å²) in [6.45, 7) is 15.4. The van der Waals surface area contributed by atoms with Crippen LogP contribution in [0.5, 0.6) is 5.75 Å². The van der Waals surface area contributed by atoms with Gasteiger partial charge in [-0.2, -0.15) is 0 Å². The van der Waals surface area contributed by atoms with Gasteiger partial charge in [0, 0.05) is 0 Å². The van der Waals surface area contributed by atoms with Crippen LogP contribution in [0.4, 0.5) is 0 Å². The summed E-state index contributed by atoms with van der Waals surface area (Å²) in [5.74, 6) is 1.44. The van der Waals surface area contributed by atoms with Gasteiger partial charge in [-0.1, -0.05) is 44.2 Å². The van der Waals surface area contributed by atoms with E-state index in [1.807, 2.05) is 0 Å². The molecule has 0 bridgehead atoms. The van der Waals surface area contributed by atoms with Crippen LogP contribution in [0.2, 0.25) is 0 Å². The Morgan fingerprint density at radius 1 is 0.926 bits per heavy atom. The van der Waals surface area contributed by atoms with Gasteiger partial charge in [0.2, 0.25) is 0 Å². The number of hydrogen-bond acceptors (Lipinski definition) is 3. The zero-order valence-corrected chi connectivity index (χ0v) is 17.6. The van der Waals surface area contributed by atoms with Crippen LogP contribution in [0.3, 0.4) is 0 Å². The fraction of sp³-hybridized carbons (Fsp3) is 0.478. The van der Waals surface area contributed by atoms with Gasteiger partial charge in [0.05, 0.1) is 11.2 Å². The van der Waals surface area contributed by atoms with E-state index >= 15 is 0 Å². The van der Waals surface area contributed by atoms with Gasteiger partial charge < -0.3 is 14.0 Å². The Morgan fingerprint density at radius 3 is 2.04 bits per heavy atom. The maximum Gasteiger partial charge on any atom is 0.494 e. The highest BCUT2D eigenvalue weighted by atomic mass is 16.7. The van der Waals surface area contributed by atoms with E-state index in [1.54, 1.807) is 0 Å². The first-order chi connectivity index (χ1) is 12.6. The molecule has 3 nitrogen and oxygen atoms in total. The van der Waals surface area contributed by atoms with Crippen molar-refractivity contribution in [1.29, 1.82) is 0 Å². The Morgan fingerprint density at radius 2 is 1.52 bits per heavy atom. The molecule has 0 aromatic heterocycles. The fourth-order valence-electron chi connectivity index (χ4n) is 3.30. The van der Waals surface area contributed by atoms with Gasteiger partial charge >= 0.3 is 7.12 Å². The standard InChI is InChI=1S/C23H31BO3/c1-16(2)21-13-12-20(14-17(21)3)25-15-18-8-10-19(11-9-18)24-26-22(4,5)23(6,7)27-24/h8-14,16H,15H2,1-7H3. The Hall–Kier alpha value is -1.78. The van der Waals surface area contributed by atoms with E-state index in [0.29, 0.717) is 12.5 Å². The lowest BCUT2D eigenvalue weighted by atomic mass is 9.79. The van der Waals surface area contributed by atoms with Crippen LogP contribution in [0.15, 0.2) is 42.5 Å². The summed E-state index contributed by atoms with van der Waals surface area (Å²) in [6, 6.07) is 14.6. The van der Waals surface area contributed by atoms with Crippen LogP contribution < -0.4 is 10.2 Å². The molecule has 0 amide bonds. The van der Waals surface area contributed by atoms with Crippen LogP contribution in [0.1, 0.15) is 64.2 Å². The van der Waals surface area contributed by atoms with E-state index in [4.69, 9.17) is 14.0 Å². The lowest BCUT2D eigenvalue weighted by molar-refractivity contribution is 0.00578. The Labute approximate surface area is 164 Å². The zero-order valence-electron chi connectivity index (χ0n) is 17.6. The number of ether oxygens (including phenoxy) is 1. The second-order valence-corrected chi connectivity index (χ2v) is 8.79. The van der Waals surface area contributed by atoms with Crippen LogP contribution in [0.25, 0.3) is 0 Å². The monoisotopic (exact) mass is 366 g/mol. The molecule has 1 fully saturated rings. The second-order valence-electron chi connectivity index (χ2n) is 8.79. The molecule has 1 saturated heterocycles. The van der Waals surface area contributed by atoms with E-state index in [-0.39, 0.29) is 18.3 Å². The predicted molar refractivity (Wildman–Crippen MR) is 112 cm³/mol. The highest BCUT2D eigenvalue weighted by Gasteiger charge is 2.51. The largest absolute Gasteiger partial charge is 0.494 e. The Balaban J connectivity index is 1.63. The highest BCUT2D eigenvalue weighted by Crippen LogP contribution is 2.36. The van der Waals surface area contributed by atoms with Crippen molar-refractivity contribution in [2.24, 2.45) is 0 Å². The fourth-order valence-corrected chi connectivity index (χ4v) is 3.30. The normalized spacial score (nSPS) is 18.1. The molecule has 4 heteroatoms. The molecule has 0 unspecified atom stereocenters. The van der Waals surface area contributed by atoms with Crippen molar-refractivity contribution in [3.05, 3.63) is 59.2 Å². The minimum Gasteiger partial charge on any atom is -0.489 e. The van der Waals surface area contributed by atoms with Crippen molar-refractivity contribution < 1.29 is 14.0 Å². The number of benzene rings is 2. The summed E-state index contributed by atoms with van der Waals surface area (Å²) in [6.07, 6.45) is 0.